The number of hydrogen-bond donors (Lipinski definition) is 0. The molecule has 0 amide bonds. The van der Waals surface area contributed by atoms with Crippen molar-refractivity contribution in [2.45, 2.75) is 32.7 Å². The molecule has 1 aliphatic rings. The number of anilines is 1. The molecule has 0 saturated carbocycles. The van der Waals surface area contributed by atoms with Crippen molar-refractivity contribution in [2.75, 3.05) is 38.1 Å². The zero-order valence-electron chi connectivity index (χ0n) is 12.9. The first-order valence-electron chi connectivity index (χ1n) is 7.56. The Kier molecular flexibility index (Phi) is 5.50. The zero-order chi connectivity index (χ0) is 15.2. The van der Waals surface area contributed by atoms with Crippen LogP contribution in [0, 0.1) is 0 Å². The maximum absolute atomic E-state index is 12.1. The van der Waals surface area contributed by atoms with E-state index in [2.05, 4.69) is 21.9 Å². The van der Waals surface area contributed by atoms with Crippen LogP contribution in [0.3, 0.4) is 0 Å². The third-order valence-corrected chi connectivity index (χ3v) is 3.87. The first-order chi connectivity index (χ1) is 10.1. The van der Waals surface area contributed by atoms with Crippen LogP contribution < -0.4 is 10.5 Å². The lowest BCUT2D eigenvalue weighted by Crippen LogP contribution is -2.45. The van der Waals surface area contributed by atoms with Gasteiger partial charge in [-0.2, -0.15) is 5.10 Å². The SMILES string of the molecule is CC(=O)CCCCn1ncc(N2CCN(C)CC2)cc1=O. The number of aryl methyl sites for hydroxylation is 1. The van der Waals surface area contributed by atoms with E-state index in [0.29, 0.717) is 13.0 Å². The normalized spacial score (nSPS) is 16.2. The number of carbonyl (C=O) groups is 1. The van der Waals surface area contributed by atoms with E-state index in [0.717, 1.165) is 44.7 Å². The Bertz CT molecular complexity index is 533. The molecule has 0 spiro atoms. The minimum absolute atomic E-state index is 0.0609. The molecular formula is C15H24N4O2. The van der Waals surface area contributed by atoms with Gasteiger partial charge in [0.05, 0.1) is 11.9 Å². The van der Waals surface area contributed by atoms with Crippen LogP contribution in [-0.2, 0) is 11.3 Å². The Hall–Kier alpha value is -1.69. The molecule has 1 aliphatic heterocycles. The van der Waals surface area contributed by atoms with Crippen LogP contribution >= 0.6 is 0 Å². The van der Waals surface area contributed by atoms with E-state index < -0.39 is 0 Å². The lowest BCUT2D eigenvalue weighted by Gasteiger charge is -2.33. The Morgan fingerprint density at radius 1 is 1.24 bits per heavy atom. The van der Waals surface area contributed by atoms with Crippen LogP contribution in [0.2, 0.25) is 0 Å². The molecule has 0 N–H and O–H groups in total. The number of carbonyl (C=O) groups excluding carboxylic acids is 1. The summed E-state index contributed by atoms with van der Waals surface area (Å²) in [5.74, 6) is 0.195. The van der Waals surface area contributed by atoms with Crippen molar-refractivity contribution in [3.05, 3.63) is 22.6 Å². The molecule has 1 saturated heterocycles. The molecular weight excluding hydrogens is 268 g/mol. The van der Waals surface area contributed by atoms with Gasteiger partial charge in [0.15, 0.2) is 0 Å². The summed E-state index contributed by atoms with van der Waals surface area (Å²) in [6, 6.07) is 1.67. The van der Waals surface area contributed by atoms with Crippen LogP contribution in [-0.4, -0.2) is 53.7 Å². The number of ketones is 1. The number of unbranched alkanes of at least 4 members (excludes halogenated alkanes) is 1. The maximum Gasteiger partial charge on any atom is 0.268 e. The van der Waals surface area contributed by atoms with Gasteiger partial charge >= 0.3 is 0 Å². The molecule has 0 aliphatic carbocycles. The summed E-state index contributed by atoms with van der Waals surface area (Å²) in [5, 5.41) is 4.25. The van der Waals surface area contributed by atoms with E-state index in [1.54, 1.807) is 19.2 Å². The summed E-state index contributed by atoms with van der Waals surface area (Å²) in [6.45, 7) is 6.05. The predicted molar refractivity (Wildman–Crippen MR) is 82.7 cm³/mol. The van der Waals surface area contributed by atoms with E-state index in [1.165, 1.54) is 4.68 Å². The van der Waals surface area contributed by atoms with Gasteiger partial charge in [-0.15, -0.1) is 0 Å². The highest BCUT2D eigenvalue weighted by atomic mass is 16.1. The van der Waals surface area contributed by atoms with Crippen LogP contribution in [0.5, 0.6) is 0 Å². The Balaban J connectivity index is 1.91. The van der Waals surface area contributed by atoms with Crippen molar-refractivity contribution >= 4 is 11.5 Å². The highest BCUT2D eigenvalue weighted by molar-refractivity contribution is 5.75. The van der Waals surface area contributed by atoms with Crippen molar-refractivity contribution in [2.24, 2.45) is 0 Å². The van der Waals surface area contributed by atoms with Gasteiger partial charge in [-0.25, -0.2) is 4.68 Å². The zero-order valence-corrected chi connectivity index (χ0v) is 12.9. The molecule has 116 valence electrons. The number of likely N-dealkylation sites (N-methyl/N-ethyl adjacent to an activating group) is 1. The lowest BCUT2D eigenvalue weighted by atomic mass is 10.2. The van der Waals surface area contributed by atoms with Crippen LogP contribution in [0.15, 0.2) is 17.1 Å². The lowest BCUT2D eigenvalue weighted by molar-refractivity contribution is -0.117. The van der Waals surface area contributed by atoms with E-state index in [-0.39, 0.29) is 11.3 Å². The predicted octanol–water partition coefficient (Wildman–Crippen LogP) is 0.754. The van der Waals surface area contributed by atoms with Gasteiger partial charge in [0.25, 0.3) is 5.56 Å². The van der Waals surface area contributed by atoms with Gasteiger partial charge < -0.3 is 14.6 Å². The van der Waals surface area contributed by atoms with Gasteiger partial charge in [-0.3, -0.25) is 4.79 Å². The van der Waals surface area contributed by atoms with Crippen molar-refractivity contribution in [3.8, 4) is 0 Å². The summed E-state index contributed by atoms with van der Waals surface area (Å²) in [7, 11) is 2.11. The molecule has 6 nitrogen and oxygen atoms in total. The molecule has 0 unspecified atom stereocenters. The number of piperazine rings is 1. The molecule has 0 atom stereocenters. The largest absolute Gasteiger partial charge is 0.368 e. The highest BCUT2D eigenvalue weighted by Gasteiger charge is 2.15. The van der Waals surface area contributed by atoms with Crippen molar-refractivity contribution in [1.82, 2.24) is 14.7 Å². The van der Waals surface area contributed by atoms with E-state index in [1.807, 2.05) is 0 Å². The molecule has 0 radical (unpaired) electrons. The fourth-order valence-corrected chi connectivity index (χ4v) is 2.47. The van der Waals surface area contributed by atoms with Crippen LogP contribution in [0.1, 0.15) is 26.2 Å². The Morgan fingerprint density at radius 2 is 1.95 bits per heavy atom. The molecule has 1 fully saturated rings. The number of aromatic nitrogens is 2. The number of Topliss-reactive ketones (excluding diaryl/α,β-unsaturated/α-hetero) is 1. The second-order valence-electron chi connectivity index (χ2n) is 5.72. The quantitative estimate of drug-likeness (QED) is 0.724. The van der Waals surface area contributed by atoms with Crippen molar-refractivity contribution in [3.63, 3.8) is 0 Å². The summed E-state index contributed by atoms with van der Waals surface area (Å²) in [5.41, 5.74) is 0.849. The van der Waals surface area contributed by atoms with Crippen molar-refractivity contribution < 1.29 is 4.79 Å². The summed E-state index contributed by atoms with van der Waals surface area (Å²) in [4.78, 5) is 27.4. The average molecular weight is 292 g/mol. The minimum Gasteiger partial charge on any atom is -0.368 e. The topological polar surface area (TPSA) is 58.4 Å². The van der Waals surface area contributed by atoms with Gasteiger partial charge in [0.1, 0.15) is 5.78 Å². The minimum atomic E-state index is -0.0609. The molecule has 21 heavy (non-hydrogen) atoms. The number of nitrogens with zero attached hydrogens (tertiary/aromatic N) is 4. The first kappa shape index (κ1) is 15.7. The fraction of sp³-hybridized carbons (Fsp3) is 0.667. The second-order valence-corrected chi connectivity index (χ2v) is 5.72. The average Bonchev–Trinajstić information content (AvgIpc) is 2.45. The molecule has 2 rings (SSSR count). The van der Waals surface area contributed by atoms with Gasteiger partial charge in [-0.05, 0) is 26.8 Å². The molecule has 0 bridgehead atoms. The molecule has 1 aromatic rings. The molecule has 1 aromatic heterocycles. The molecule has 2 heterocycles. The smallest absolute Gasteiger partial charge is 0.268 e. The van der Waals surface area contributed by atoms with E-state index in [4.69, 9.17) is 0 Å². The van der Waals surface area contributed by atoms with E-state index in [9.17, 15) is 9.59 Å². The fourth-order valence-electron chi connectivity index (χ4n) is 2.47. The summed E-state index contributed by atoms with van der Waals surface area (Å²) < 4.78 is 1.49. The van der Waals surface area contributed by atoms with Gasteiger partial charge in [-0.1, -0.05) is 0 Å². The maximum atomic E-state index is 12.1. The third kappa shape index (κ3) is 4.67. The second kappa shape index (κ2) is 7.36. The number of hydrogen-bond acceptors (Lipinski definition) is 5. The van der Waals surface area contributed by atoms with Crippen LogP contribution in [0.4, 0.5) is 5.69 Å². The highest BCUT2D eigenvalue weighted by Crippen LogP contribution is 2.12. The van der Waals surface area contributed by atoms with E-state index >= 15 is 0 Å². The Morgan fingerprint density at radius 3 is 2.57 bits per heavy atom. The monoisotopic (exact) mass is 292 g/mol. The summed E-state index contributed by atoms with van der Waals surface area (Å²) >= 11 is 0. The Labute approximate surface area is 125 Å². The standard InChI is InChI=1S/C15H24N4O2/c1-13(20)5-3-4-6-19-15(21)11-14(12-16-19)18-9-7-17(2)8-10-18/h11-12H,3-10H2,1-2H3. The first-order valence-corrected chi connectivity index (χ1v) is 7.56. The molecule has 0 aromatic carbocycles. The third-order valence-electron chi connectivity index (χ3n) is 3.87. The number of rotatable bonds is 6. The van der Waals surface area contributed by atoms with Crippen molar-refractivity contribution in [1.29, 1.82) is 0 Å². The van der Waals surface area contributed by atoms with Crippen LogP contribution in [0.25, 0.3) is 0 Å². The molecule has 6 heteroatoms. The van der Waals surface area contributed by atoms with Gasteiger partial charge in [0, 0.05) is 45.2 Å². The summed E-state index contributed by atoms with van der Waals surface area (Å²) in [6.07, 6.45) is 3.97. The van der Waals surface area contributed by atoms with Gasteiger partial charge in [0.2, 0.25) is 0 Å².